The maximum atomic E-state index is 14.2. The summed E-state index contributed by atoms with van der Waals surface area (Å²) in [7, 11) is 1.46. The van der Waals surface area contributed by atoms with Crippen molar-refractivity contribution < 1.29 is 33.8 Å². The summed E-state index contributed by atoms with van der Waals surface area (Å²) in [4.78, 5) is 69.1. The Hall–Kier alpha value is -4.89. The van der Waals surface area contributed by atoms with Gasteiger partial charge < -0.3 is 9.84 Å². The normalized spacial score (nSPS) is 24.1. The molecule has 0 bridgehead atoms. The molecule has 1 aliphatic heterocycles. The molecule has 3 aliphatic carbocycles. The molecular weight excluding hydrogens is 638 g/mol. The predicted octanol–water partition coefficient (Wildman–Crippen LogP) is 5.60. The molecule has 8 nitrogen and oxygen atoms in total. The first-order valence-electron chi connectivity index (χ1n) is 14.5. The zero-order valence-electron chi connectivity index (χ0n) is 24.0. The van der Waals surface area contributed by atoms with E-state index < -0.39 is 29.6 Å². The van der Waals surface area contributed by atoms with Gasteiger partial charge in [-0.1, -0.05) is 48.0 Å². The van der Waals surface area contributed by atoms with Gasteiger partial charge in [-0.2, -0.15) is 0 Å². The molecule has 4 aliphatic rings. The van der Waals surface area contributed by atoms with E-state index in [0.29, 0.717) is 33.7 Å². The van der Waals surface area contributed by atoms with Crippen LogP contribution in [-0.4, -0.2) is 41.4 Å². The van der Waals surface area contributed by atoms with E-state index >= 15 is 0 Å². The topological polar surface area (TPSA) is 118 Å². The first kappa shape index (κ1) is 28.9. The fourth-order valence-corrected chi connectivity index (χ4v) is 7.76. The summed E-state index contributed by atoms with van der Waals surface area (Å²) in [5.41, 5.74) is 2.86. The zero-order valence-corrected chi connectivity index (χ0v) is 25.6. The van der Waals surface area contributed by atoms with Crippen molar-refractivity contribution in [1.82, 2.24) is 0 Å². The Morgan fingerprint density at radius 2 is 1.60 bits per heavy atom. The fourth-order valence-electron chi connectivity index (χ4n) is 7.31. The first-order valence-corrected chi connectivity index (χ1v) is 15.3. The number of anilines is 1. The van der Waals surface area contributed by atoms with Crippen molar-refractivity contribution in [1.29, 1.82) is 0 Å². The molecule has 2 amide bonds. The molecule has 0 radical (unpaired) electrons. The number of Topliss-reactive ketones (excluding diaryl/α,β-unsaturated/α-hetero) is 1. The molecule has 45 heavy (non-hydrogen) atoms. The van der Waals surface area contributed by atoms with Crippen molar-refractivity contribution in [3.63, 3.8) is 0 Å². The minimum atomic E-state index is -0.843. The van der Waals surface area contributed by atoms with Gasteiger partial charge in [0.1, 0.15) is 11.5 Å². The van der Waals surface area contributed by atoms with Gasteiger partial charge in [0.25, 0.3) is 0 Å². The largest absolute Gasteiger partial charge is 0.507 e. The van der Waals surface area contributed by atoms with E-state index in [2.05, 4.69) is 15.9 Å². The van der Waals surface area contributed by atoms with Gasteiger partial charge in [0.2, 0.25) is 11.8 Å². The van der Waals surface area contributed by atoms with Gasteiger partial charge in [0, 0.05) is 39.8 Å². The Morgan fingerprint density at radius 1 is 0.889 bits per heavy atom. The van der Waals surface area contributed by atoms with E-state index in [1.807, 2.05) is 12.1 Å². The number of amides is 2. The number of benzene rings is 3. The summed E-state index contributed by atoms with van der Waals surface area (Å²) in [5, 5.41) is 11.1. The maximum absolute atomic E-state index is 14.2. The average molecular weight is 665 g/mol. The van der Waals surface area contributed by atoms with Crippen LogP contribution in [-0.2, 0) is 19.2 Å². The van der Waals surface area contributed by atoms with Crippen molar-refractivity contribution >= 4 is 50.8 Å². The van der Waals surface area contributed by atoms with E-state index in [9.17, 15) is 29.1 Å². The van der Waals surface area contributed by atoms with Crippen molar-refractivity contribution in [2.24, 2.45) is 17.8 Å². The molecule has 224 valence electrons. The van der Waals surface area contributed by atoms with Crippen LogP contribution in [0.1, 0.15) is 40.2 Å². The number of rotatable bonds is 5. The number of ketones is 3. The third-order valence-corrected chi connectivity index (χ3v) is 9.90. The van der Waals surface area contributed by atoms with E-state index in [4.69, 9.17) is 4.74 Å². The number of imide groups is 1. The number of allylic oxidation sites excluding steroid dienone is 6. The van der Waals surface area contributed by atoms with Gasteiger partial charge in [0.05, 0.1) is 29.1 Å². The van der Waals surface area contributed by atoms with Crippen LogP contribution in [0.25, 0.3) is 0 Å². The number of phenolic OH excluding ortho intramolecular Hbond substituents is 1. The fraction of sp³-hybridized carbons (Fsp3) is 0.194. The minimum Gasteiger partial charge on any atom is -0.507 e. The number of aromatic hydroxyl groups is 1. The molecule has 0 saturated carbocycles. The summed E-state index contributed by atoms with van der Waals surface area (Å²) < 4.78 is 5.71. The summed E-state index contributed by atoms with van der Waals surface area (Å²) in [5.74, 6) is -4.31. The van der Waals surface area contributed by atoms with Crippen molar-refractivity contribution in [3.8, 4) is 11.5 Å². The van der Waals surface area contributed by atoms with Crippen LogP contribution < -0.4 is 9.64 Å². The summed E-state index contributed by atoms with van der Waals surface area (Å²) in [6.07, 6.45) is 3.47. The Labute approximate surface area is 266 Å². The molecular formula is C36H26BrNO7. The van der Waals surface area contributed by atoms with Crippen LogP contribution in [0, 0.1) is 17.8 Å². The van der Waals surface area contributed by atoms with Gasteiger partial charge >= 0.3 is 0 Å². The lowest BCUT2D eigenvalue weighted by molar-refractivity contribution is -0.123. The van der Waals surface area contributed by atoms with Crippen LogP contribution in [0.15, 0.2) is 106 Å². The third kappa shape index (κ3) is 4.44. The van der Waals surface area contributed by atoms with Gasteiger partial charge in [0.15, 0.2) is 17.3 Å². The smallest absolute Gasteiger partial charge is 0.238 e. The van der Waals surface area contributed by atoms with Gasteiger partial charge in [-0.05, 0) is 71.1 Å². The van der Waals surface area contributed by atoms with Crippen molar-refractivity contribution in [3.05, 3.63) is 123 Å². The molecule has 1 saturated heterocycles. The lowest BCUT2D eigenvalue weighted by atomic mass is 9.59. The molecule has 1 N–H and O–H groups in total. The van der Waals surface area contributed by atoms with E-state index in [0.717, 1.165) is 0 Å². The molecule has 1 fully saturated rings. The number of nitrogens with zero attached hydrogens (tertiary/aromatic N) is 1. The van der Waals surface area contributed by atoms with Crippen LogP contribution in [0.4, 0.5) is 5.69 Å². The van der Waals surface area contributed by atoms with Gasteiger partial charge in [-0.15, -0.1) is 0 Å². The number of phenols is 1. The highest BCUT2D eigenvalue weighted by molar-refractivity contribution is 9.12. The number of hydrogen-bond donors (Lipinski definition) is 1. The van der Waals surface area contributed by atoms with E-state index in [1.165, 1.54) is 24.2 Å². The quantitative estimate of drug-likeness (QED) is 0.163. The minimum absolute atomic E-state index is 0.0969. The van der Waals surface area contributed by atoms with Crippen LogP contribution in [0.3, 0.4) is 0 Å². The molecule has 3 aromatic carbocycles. The highest BCUT2D eigenvalue weighted by Crippen LogP contribution is 2.57. The number of hydrogen-bond acceptors (Lipinski definition) is 7. The number of halogens is 1. The highest BCUT2D eigenvalue weighted by atomic mass is 79.9. The number of carbonyl (C=O) groups excluding carboxylic acids is 5. The Bertz CT molecular complexity index is 1920. The lowest BCUT2D eigenvalue weighted by Gasteiger charge is -2.42. The average Bonchev–Trinajstić information content (AvgIpc) is 3.32. The van der Waals surface area contributed by atoms with Gasteiger partial charge in [-0.3, -0.25) is 28.9 Å². The summed E-state index contributed by atoms with van der Waals surface area (Å²) >= 11 is 3.23. The van der Waals surface area contributed by atoms with Gasteiger partial charge in [-0.25, -0.2) is 0 Å². The number of carbonyl (C=O) groups is 5. The molecule has 1 heterocycles. The molecule has 0 spiro atoms. The molecule has 7 rings (SSSR count). The monoisotopic (exact) mass is 663 g/mol. The Balaban J connectivity index is 1.28. The third-order valence-electron chi connectivity index (χ3n) is 9.31. The van der Waals surface area contributed by atoms with Crippen LogP contribution in [0.5, 0.6) is 11.5 Å². The summed E-state index contributed by atoms with van der Waals surface area (Å²) in [6.45, 7) is 0. The second-order valence-electron chi connectivity index (χ2n) is 11.5. The second-order valence-corrected chi connectivity index (χ2v) is 12.4. The van der Waals surface area contributed by atoms with E-state index in [1.54, 1.807) is 60.7 Å². The second kappa shape index (κ2) is 10.9. The lowest BCUT2D eigenvalue weighted by Crippen LogP contribution is -2.39. The molecule has 0 aromatic heterocycles. The molecule has 3 aromatic rings. The summed E-state index contributed by atoms with van der Waals surface area (Å²) in [6, 6.07) is 20.0. The highest BCUT2D eigenvalue weighted by Gasteiger charge is 2.57. The predicted molar refractivity (Wildman–Crippen MR) is 168 cm³/mol. The number of ether oxygens (including phenoxy) is 1. The Morgan fingerprint density at radius 3 is 2.31 bits per heavy atom. The standard InChI is InChI=1S/C36H26BrNO7/c1-45-28-9-5-8-26(39)32(28)31-21-14-15-22-29(23(21)16-24-30(31)27(40)17-25(37)34(24)42)36(44)38(35(22)43)20-12-10-19(11-13-20)33(41)18-6-3-2-4-7-18/h2-14,17,22-23,29,31,39H,15-16H2,1H3/t22-,23+,29-,31-/m0/s1. The molecule has 0 unspecified atom stereocenters. The number of fused-ring (bicyclic) bond motifs is 3. The zero-order chi connectivity index (χ0) is 31.6. The number of methoxy groups -OCH3 is 1. The maximum Gasteiger partial charge on any atom is 0.238 e. The molecule has 9 heteroatoms. The SMILES string of the molecule is COc1cccc(O)c1[C@H]1C2=CC[C@@H]3C(=O)N(c4ccc(C(=O)c5ccccc5)cc4)C(=O)[C@@H]3[C@@H]2CC2=C1C(=O)C=C(Br)C2=O. The van der Waals surface area contributed by atoms with Crippen LogP contribution in [0.2, 0.25) is 0 Å². The first-order chi connectivity index (χ1) is 21.7. The Kier molecular flexibility index (Phi) is 7.00. The van der Waals surface area contributed by atoms with E-state index in [-0.39, 0.29) is 57.5 Å². The molecule has 4 atom stereocenters. The van der Waals surface area contributed by atoms with Crippen LogP contribution >= 0.6 is 15.9 Å². The van der Waals surface area contributed by atoms with Crippen molar-refractivity contribution in [2.45, 2.75) is 18.8 Å². The van der Waals surface area contributed by atoms with Crippen molar-refractivity contribution in [2.75, 3.05) is 12.0 Å².